The summed E-state index contributed by atoms with van der Waals surface area (Å²) in [6, 6.07) is 1.50. The number of Topliss-reactive ketones (excluding diaryl/α,β-unsaturated/α-hetero) is 1. The average molecular weight is 254 g/mol. The van der Waals surface area contributed by atoms with Crippen LogP contribution < -0.4 is 0 Å². The van der Waals surface area contributed by atoms with Crippen LogP contribution in [0.25, 0.3) is 0 Å². The maximum Gasteiger partial charge on any atom is 0.313 e. The molecule has 0 radical (unpaired) electrons. The van der Waals surface area contributed by atoms with Gasteiger partial charge in [-0.1, -0.05) is 18.7 Å². The normalized spacial score (nSPS) is 10.0. The number of rotatable bonds is 6. The lowest BCUT2D eigenvalue weighted by atomic mass is 10.2. The van der Waals surface area contributed by atoms with Crippen LogP contribution in [0, 0.1) is 0 Å². The Hall–Kier alpha value is -1.43. The first-order valence-corrected chi connectivity index (χ1v) is 6.45. The molecule has 0 unspecified atom stereocenters. The summed E-state index contributed by atoms with van der Waals surface area (Å²) in [5, 5.41) is 0.512. The molecule has 17 heavy (non-hydrogen) atoms. The van der Waals surface area contributed by atoms with Crippen LogP contribution in [0.3, 0.4) is 0 Å². The monoisotopic (exact) mass is 254 g/mol. The van der Waals surface area contributed by atoms with Gasteiger partial charge in [-0.15, -0.1) is 0 Å². The Morgan fingerprint density at radius 2 is 2.24 bits per heavy atom. The van der Waals surface area contributed by atoms with Gasteiger partial charge in [0.2, 0.25) is 0 Å². The molecule has 0 aliphatic carbocycles. The number of thioether (sulfide) groups is 1. The van der Waals surface area contributed by atoms with E-state index in [4.69, 9.17) is 4.74 Å². The van der Waals surface area contributed by atoms with Crippen LogP contribution in [0.2, 0.25) is 0 Å². The Kier molecular flexibility index (Phi) is 5.62. The maximum absolute atomic E-state index is 11.7. The highest BCUT2D eigenvalue weighted by atomic mass is 32.2. The largest absolute Gasteiger partial charge is 0.465 e. The van der Waals surface area contributed by atoms with Crippen molar-refractivity contribution in [3.05, 3.63) is 18.0 Å². The molecule has 0 saturated heterocycles. The topological polar surface area (TPSA) is 69.2 Å². The molecule has 0 atom stereocenters. The third kappa shape index (κ3) is 4.52. The van der Waals surface area contributed by atoms with E-state index in [9.17, 15) is 9.59 Å². The highest BCUT2D eigenvalue weighted by Crippen LogP contribution is 2.09. The summed E-state index contributed by atoms with van der Waals surface area (Å²) in [6.45, 7) is 2.23. The lowest BCUT2D eigenvalue weighted by Crippen LogP contribution is -2.13. The zero-order valence-electron chi connectivity index (χ0n) is 9.80. The van der Waals surface area contributed by atoms with Crippen LogP contribution in [0.1, 0.15) is 30.3 Å². The first kappa shape index (κ1) is 13.6. The molecular formula is C11H14N2O3S. The molecule has 0 fully saturated rings. The minimum atomic E-state index is -0.513. The predicted octanol–water partition coefficient (Wildman–Crippen LogP) is 1.72. The standard InChI is InChI=1S/C11H14N2O3S/c1-3-6-16-10(15)7-9(14)8-4-5-12-11(13-8)17-2/h4-5H,3,6-7H2,1-2H3. The number of aromatic nitrogens is 2. The fraction of sp³-hybridized carbons (Fsp3) is 0.455. The molecule has 5 nitrogen and oxygen atoms in total. The highest BCUT2D eigenvalue weighted by Gasteiger charge is 2.14. The van der Waals surface area contributed by atoms with E-state index in [-0.39, 0.29) is 17.9 Å². The molecule has 0 amide bonds. The second-order valence-corrected chi connectivity index (χ2v) is 4.02. The van der Waals surface area contributed by atoms with Gasteiger partial charge >= 0.3 is 5.97 Å². The first-order chi connectivity index (χ1) is 8.17. The Morgan fingerprint density at radius 1 is 1.47 bits per heavy atom. The van der Waals surface area contributed by atoms with E-state index in [1.54, 1.807) is 0 Å². The molecule has 0 spiro atoms. The van der Waals surface area contributed by atoms with Crippen molar-refractivity contribution >= 4 is 23.5 Å². The minimum absolute atomic E-state index is 0.248. The van der Waals surface area contributed by atoms with Crippen molar-refractivity contribution in [1.29, 1.82) is 0 Å². The van der Waals surface area contributed by atoms with E-state index in [1.165, 1.54) is 24.0 Å². The van der Waals surface area contributed by atoms with E-state index in [2.05, 4.69) is 9.97 Å². The van der Waals surface area contributed by atoms with E-state index in [0.29, 0.717) is 11.8 Å². The minimum Gasteiger partial charge on any atom is -0.465 e. The van der Waals surface area contributed by atoms with Crippen molar-refractivity contribution in [1.82, 2.24) is 9.97 Å². The van der Waals surface area contributed by atoms with Gasteiger partial charge in [-0.3, -0.25) is 9.59 Å². The fourth-order valence-corrected chi connectivity index (χ4v) is 1.44. The zero-order valence-corrected chi connectivity index (χ0v) is 10.6. The molecule has 1 aromatic heterocycles. The molecule has 6 heteroatoms. The molecular weight excluding hydrogens is 240 g/mol. The van der Waals surface area contributed by atoms with Gasteiger partial charge < -0.3 is 4.74 Å². The molecule has 0 saturated carbocycles. The van der Waals surface area contributed by atoms with Crippen molar-refractivity contribution in [2.24, 2.45) is 0 Å². The summed E-state index contributed by atoms with van der Waals surface area (Å²) >= 11 is 1.34. The molecule has 1 heterocycles. The maximum atomic E-state index is 11.7. The lowest BCUT2D eigenvalue weighted by Gasteiger charge is -2.02. The molecule has 0 bridgehead atoms. The van der Waals surface area contributed by atoms with Crippen molar-refractivity contribution in [2.45, 2.75) is 24.9 Å². The number of ether oxygens (including phenoxy) is 1. The third-order valence-electron chi connectivity index (χ3n) is 1.87. The second-order valence-electron chi connectivity index (χ2n) is 3.25. The van der Waals surface area contributed by atoms with Gasteiger partial charge in [-0.2, -0.15) is 0 Å². The summed E-state index contributed by atoms with van der Waals surface area (Å²) in [5.41, 5.74) is 0.248. The number of hydrogen-bond donors (Lipinski definition) is 0. The molecule has 1 aromatic rings. The van der Waals surface area contributed by atoms with Gasteiger partial charge in [0.1, 0.15) is 12.1 Å². The Bertz CT molecular complexity index is 409. The molecule has 0 N–H and O–H groups in total. The Labute approximate surface area is 104 Å². The van der Waals surface area contributed by atoms with Crippen LogP contribution in [0.5, 0.6) is 0 Å². The van der Waals surface area contributed by atoms with E-state index in [0.717, 1.165) is 6.42 Å². The van der Waals surface area contributed by atoms with Crippen LogP contribution in [0.15, 0.2) is 17.4 Å². The summed E-state index contributed by atoms with van der Waals surface area (Å²) in [4.78, 5) is 30.9. The van der Waals surface area contributed by atoms with Crippen LogP contribution >= 0.6 is 11.8 Å². The number of esters is 1. The predicted molar refractivity (Wildman–Crippen MR) is 64.0 cm³/mol. The number of carbonyl (C=O) groups excluding carboxylic acids is 2. The van der Waals surface area contributed by atoms with Crippen molar-refractivity contribution in [3.8, 4) is 0 Å². The number of ketones is 1. The highest BCUT2D eigenvalue weighted by molar-refractivity contribution is 7.98. The number of carbonyl (C=O) groups is 2. The van der Waals surface area contributed by atoms with Crippen LogP contribution in [-0.4, -0.2) is 34.6 Å². The van der Waals surface area contributed by atoms with Gasteiger partial charge in [0, 0.05) is 6.20 Å². The third-order valence-corrected chi connectivity index (χ3v) is 2.44. The van der Waals surface area contributed by atoms with Gasteiger partial charge in [0.05, 0.1) is 6.61 Å². The van der Waals surface area contributed by atoms with Crippen LogP contribution in [-0.2, 0) is 9.53 Å². The Morgan fingerprint density at radius 3 is 2.88 bits per heavy atom. The molecule has 0 aliphatic heterocycles. The van der Waals surface area contributed by atoms with Gasteiger partial charge in [0.25, 0.3) is 0 Å². The smallest absolute Gasteiger partial charge is 0.313 e. The summed E-state index contributed by atoms with van der Waals surface area (Å²) in [5.74, 6) is -0.857. The average Bonchev–Trinajstić information content (AvgIpc) is 2.36. The Balaban J connectivity index is 2.60. The van der Waals surface area contributed by atoms with E-state index >= 15 is 0 Å². The molecule has 0 aromatic carbocycles. The molecule has 92 valence electrons. The van der Waals surface area contributed by atoms with Crippen molar-refractivity contribution in [3.63, 3.8) is 0 Å². The number of nitrogens with zero attached hydrogens (tertiary/aromatic N) is 2. The van der Waals surface area contributed by atoms with E-state index in [1.807, 2.05) is 13.2 Å². The summed E-state index contributed by atoms with van der Waals surface area (Å²) < 4.78 is 4.83. The second kappa shape index (κ2) is 7.01. The van der Waals surface area contributed by atoms with Gasteiger partial charge in [-0.25, -0.2) is 9.97 Å². The van der Waals surface area contributed by atoms with Crippen molar-refractivity contribution < 1.29 is 14.3 Å². The SMILES string of the molecule is CCCOC(=O)CC(=O)c1ccnc(SC)n1. The summed E-state index contributed by atoms with van der Waals surface area (Å²) in [6.07, 6.45) is 3.79. The number of hydrogen-bond acceptors (Lipinski definition) is 6. The van der Waals surface area contributed by atoms with Gasteiger partial charge in [0.15, 0.2) is 10.9 Å². The van der Waals surface area contributed by atoms with E-state index < -0.39 is 5.97 Å². The first-order valence-electron chi connectivity index (χ1n) is 5.23. The zero-order chi connectivity index (χ0) is 12.7. The lowest BCUT2D eigenvalue weighted by molar-refractivity contribution is -0.142. The molecule has 0 aliphatic rings. The molecule has 1 rings (SSSR count). The quantitative estimate of drug-likeness (QED) is 0.253. The van der Waals surface area contributed by atoms with Crippen LogP contribution in [0.4, 0.5) is 0 Å². The van der Waals surface area contributed by atoms with Gasteiger partial charge in [-0.05, 0) is 18.7 Å². The summed E-state index contributed by atoms with van der Waals surface area (Å²) in [7, 11) is 0. The fourth-order valence-electron chi connectivity index (χ4n) is 1.08. The van der Waals surface area contributed by atoms with Crippen molar-refractivity contribution in [2.75, 3.05) is 12.9 Å².